The molecule has 0 saturated heterocycles. The lowest BCUT2D eigenvalue weighted by Crippen LogP contribution is -2.40. The first-order valence-corrected chi connectivity index (χ1v) is 14.2. The van der Waals surface area contributed by atoms with E-state index in [1.807, 2.05) is 59.2 Å². The second-order valence-electron chi connectivity index (χ2n) is 10.4. The summed E-state index contributed by atoms with van der Waals surface area (Å²) in [5.41, 5.74) is 5.29. The van der Waals surface area contributed by atoms with Crippen molar-refractivity contribution in [2.24, 2.45) is 7.05 Å². The number of nitrogens with zero attached hydrogens (tertiary/aromatic N) is 7. The standard InChI is InChI=1S/C32H32N8O2/c1-3-4-14-27-33-30-28(31(41)39(32(42)38(30)2)20-19-22-10-6-5-7-11-22)40(27)21-23-15-17-24(18-16-23)25-12-8-9-13-26(25)29-34-36-37-35-29/h5-13,15-18H,3-4,14,19-21H2,1-2H3,(H,34,35,36,37). The molecule has 0 unspecified atom stereocenters. The molecule has 3 heterocycles. The van der Waals surface area contributed by atoms with Crippen LogP contribution in [0.3, 0.4) is 0 Å². The van der Waals surface area contributed by atoms with Crippen LogP contribution >= 0.6 is 0 Å². The fourth-order valence-corrected chi connectivity index (χ4v) is 5.38. The predicted molar refractivity (Wildman–Crippen MR) is 162 cm³/mol. The molecule has 0 amide bonds. The SMILES string of the molecule is CCCCc1nc2c(c(=O)n(CCc3ccccc3)c(=O)n2C)n1Cc1ccc(-c2ccccc2-c2nnn[nH]2)cc1. The average Bonchev–Trinajstić information content (AvgIpc) is 3.69. The van der Waals surface area contributed by atoms with Gasteiger partial charge in [0.25, 0.3) is 5.56 Å². The zero-order chi connectivity index (χ0) is 29.1. The number of aryl methyl sites for hydroxylation is 3. The van der Waals surface area contributed by atoms with Crippen molar-refractivity contribution in [1.82, 2.24) is 39.3 Å². The number of fused-ring (bicyclic) bond motifs is 1. The van der Waals surface area contributed by atoms with Crippen molar-refractivity contribution in [2.45, 2.75) is 45.7 Å². The fourth-order valence-electron chi connectivity index (χ4n) is 5.38. The van der Waals surface area contributed by atoms with Crippen LogP contribution in [0.1, 0.15) is 36.7 Å². The number of aromatic amines is 1. The number of rotatable bonds is 10. The Bertz CT molecular complexity index is 1940. The monoisotopic (exact) mass is 560 g/mol. The molecular weight excluding hydrogens is 528 g/mol. The second kappa shape index (κ2) is 11.8. The Labute approximate surface area is 242 Å². The molecule has 0 aliphatic rings. The molecule has 3 aromatic carbocycles. The molecule has 10 heteroatoms. The predicted octanol–water partition coefficient (Wildman–Crippen LogP) is 4.38. The van der Waals surface area contributed by atoms with E-state index in [0.29, 0.717) is 36.5 Å². The molecule has 0 atom stereocenters. The van der Waals surface area contributed by atoms with E-state index in [1.54, 1.807) is 7.05 Å². The Morgan fingerprint density at radius 3 is 2.26 bits per heavy atom. The van der Waals surface area contributed by atoms with Crippen LogP contribution in [-0.2, 0) is 33.0 Å². The summed E-state index contributed by atoms with van der Waals surface area (Å²) in [4.78, 5) is 32.0. The second-order valence-corrected chi connectivity index (χ2v) is 10.4. The van der Waals surface area contributed by atoms with Gasteiger partial charge in [0.1, 0.15) is 5.82 Å². The molecular formula is C32H32N8O2. The summed E-state index contributed by atoms with van der Waals surface area (Å²) in [6.45, 7) is 2.90. The largest absolute Gasteiger partial charge is 0.332 e. The van der Waals surface area contributed by atoms with E-state index >= 15 is 0 Å². The molecule has 0 bridgehead atoms. The van der Waals surface area contributed by atoms with Crippen LogP contribution in [0, 0.1) is 0 Å². The highest BCUT2D eigenvalue weighted by Gasteiger charge is 2.20. The van der Waals surface area contributed by atoms with E-state index in [-0.39, 0.29) is 11.2 Å². The molecule has 42 heavy (non-hydrogen) atoms. The number of aromatic nitrogens is 8. The van der Waals surface area contributed by atoms with E-state index in [0.717, 1.165) is 52.9 Å². The number of nitrogens with one attached hydrogen (secondary N) is 1. The van der Waals surface area contributed by atoms with Crippen molar-refractivity contribution in [3.05, 3.63) is 117 Å². The molecule has 10 nitrogen and oxygen atoms in total. The van der Waals surface area contributed by atoms with Crippen molar-refractivity contribution in [3.8, 4) is 22.5 Å². The van der Waals surface area contributed by atoms with Crippen LogP contribution in [0.5, 0.6) is 0 Å². The van der Waals surface area contributed by atoms with Gasteiger partial charge in [-0.05, 0) is 45.5 Å². The molecule has 0 aliphatic carbocycles. The highest BCUT2D eigenvalue weighted by Crippen LogP contribution is 2.30. The van der Waals surface area contributed by atoms with Crippen LogP contribution in [0.2, 0.25) is 0 Å². The summed E-state index contributed by atoms with van der Waals surface area (Å²) >= 11 is 0. The van der Waals surface area contributed by atoms with E-state index in [2.05, 4.69) is 51.8 Å². The Morgan fingerprint density at radius 1 is 0.810 bits per heavy atom. The highest BCUT2D eigenvalue weighted by atomic mass is 16.2. The normalized spacial score (nSPS) is 11.4. The molecule has 0 spiro atoms. The summed E-state index contributed by atoms with van der Waals surface area (Å²) < 4.78 is 4.84. The number of unbranched alkanes of at least 4 members (excludes halogenated alkanes) is 1. The van der Waals surface area contributed by atoms with E-state index in [1.165, 1.54) is 9.13 Å². The lowest BCUT2D eigenvalue weighted by atomic mass is 9.98. The number of hydrogen-bond donors (Lipinski definition) is 1. The first-order valence-electron chi connectivity index (χ1n) is 14.2. The van der Waals surface area contributed by atoms with E-state index in [9.17, 15) is 9.59 Å². The average molecular weight is 561 g/mol. The van der Waals surface area contributed by atoms with Crippen LogP contribution in [0.4, 0.5) is 0 Å². The molecule has 1 N–H and O–H groups in total. The van der Waals surface area contributed by atoms with Gasteiger partial charge >= 0.3 is 5.69 Å². The minimum Gasteiger partial charge on any atom is -0.318 e. The van der Waals surface area contributed by atoms with Gasteiger partial charge in [-0.15, -0.1) is 5.10 Å². The van der Waals surface area contributed by atoms with Crippen LogP contribution < -0.4 is 11.2 Å². The van der Waals surface area contributed by atoms with Gasteiger partial charge in [-0.1, -0.05) is 92.2 Å². The summed E-state index contributed by atoms with van der Waals surface area (Å²) in [5.74, 6) is 1.42. The van der Waals surface area contributed by atoms with E-state index in [4.69, 9.17) is 4.98 Å². The third-order valence-electron chi connectivity index (χ3n) is 7.67. The minimum absolute atomic E-state index is 0.300. The Morgan fingerprint density at radius 2 is 1.55 bits per heavy atom. The van der Waals surface area contributed by atoms with E-state index < -0.39 is 0 Å². The van der Waals surface area contributed by atoms with Crippen LogP contribution in [0.15, 0.2) is 88.5 Å². The van der Waals surface area contributed by atoms with Gasteiger partial charge in [-0.2, -0.15) is 0 Å². The lowest BCUT2D eigenvalue weighted by Gasteiger charge is -2.12. The van der Waals surface area contributed by atoms with Gasteiger partial charge in [-0.3, -0.25) is 13.9 Å². The molecule has 0 aliphatic heterocycles. The van der Waals surface area contributed by atoms with Crippen molar-refractivity contribution in [3.63, 3.8) is 0 Å². The molecule has 0 fully saturated rings. The summed E-state index contributed by atoms with van der Waals surface area (Å²) in [7, 11) is 1.69. The Balaban J connectivity index is 1.38. The number of tetrazole rings is 1. The van der Waals surface area contributed by atoms with Gasteiger partial charge in [0.15, 0.2) is 17.0 Å². The highest BCUT2D eigenvalue weighted by molar-refractivity contribution is 5.80. The summed E-state index contributed by atoms with van der Waals surface area (Å²) in [5, 5.41) is 14.4. The maximum Gasteiger partial charge on any atom is 0.332 e. The quantitative estimate of drug-likeness (QED) is 0.266. The summed E-state index contributed by atoms with van der Waals surface area (Å²) in [6.07, 6.45) is 3.24. The van der Waals surface area contributed by atoms with Crippen molar-refractivity contribution in [1.29, 1.82) is 0 Å². The minimum atomic E-state index is -0.347. The Kier molecular flexibility index (Phi) is 7.59. The molecule has 6 rings (SSSR count). The van der Waals surface area contributed by atoms with Crippen molar-refractivity contribution < 1.29 is 0 Å². The first kappa shape index (κ1) is 27.1. The first-order chi connectivity index (χ1) is 20.5. The maximum absolute atomic E-state index is 13.9. The lowest BCUT2D eigenvalue weighted by molar-refractivity contribution is 0.600. The third kappa shape index (κ3) is 5.18. The fraction of sp³-hybridized carbons (Fsp3) is 0.250. The number of H-pyrrole nitrogens is 1. The van der Waals surface area contributed by atoms with Crippen molar-refractivity contribution >= 4 is 11.2 Å². The van der Waals surface area contributed by atoms with Crippen molar-refractivity contribution in [2.75, 3.05) is 0 Å². The van der Waals surface area contributed by atoms with Gasteiger partial charge in [0, 0.05) is 32.1 Å². The third-order valence-corrected chi connectivity index (χ3v) is 7.67. The smallest absolute Gasteiger partial charge is 0.318 e. The zero-order valence-electron chi connectivity index (χ0n) is 23.7. The van der Waals surface area contributed by atoms with Gasteiger partial charge in [0.2, 0.25) is 0 Å². The van der Waals surface area contributed by atoms with Crippen LogP contribution in [0.25, 0.3) is 33.7 Å². The Hall–Kier alpha value is -5.12. The number of imidazole rings is 1. The molecule has 3 aromatic heterocycles. The molecule has 0 radical (unpaired) electrons. The van der Waals surface area contributed by atoms with Gasteiger partial charge in [-0.25, -0.2) is 14.9 Å². The van der Waals surface area contributed by atoms with Gasteiger partial charge in [0.05, 0.1) is 0 Å². The molecule has 212 valence electrons. The topological polar surface area (TPSA) is 116 Å². The van der Waals surface area contributed by atoms with Gasteiger partial charge < -0.3 is 4.57 Å². The number of benzene rings is 3. The van der Waals surface area contributed by atoms with Crippen LogP contribution in [-0.4, -0.2) is 39.3 Å². The molecule has 0 saturated carbocycles. The number of hydrogen-bond acceptors (Lipinski definition) is 6. The molecule has 6 aromatic rings. The zero-order valence-corrected chi connectivity index (χ0v) is 23.7. The summed E-state index contributed by atoms with van der Waals surface area (Å²) in [6, 6.07) is 26.1. The maximum atomic E-state index is 13.9.